The first-order valence-corrected chi connectivity index (χ1v) is 13.4. The second-order valence-corrected chi connectivity index (χ2v) is 11.8. The third-order valence-electron chi connectivity index (χ3n) is 8.75. The van der Waals surface area contributed by atoms with Crippen molar-refractivity contribution in [2.75, 3.05) is 13.1 Å². The Balaban J connectivity index is 1.61. The molecule has 2 aromatic carbocycles. The second kappa shape index (κ2) is 9.03. The molecule has 5 atom stereocenters. The summed E-state index contributed by atoms with van der Waals surface area (Å²) in [6.07, 6.45) is 2.10. The van der Waals surface area contributed by atoms with Crippen LogP contribution in [0, 0.1) is 21.7 Å². The van der Waals surface area contributed by atoms with Crippen molar-refractivity contribution in [1.82, 2.24) is 4.90 Å². The number of unbranched alkanes of at least 4 members (excludes halogenated alkanes) is 3. The summed E-state index contributed by atoms with van der Waals surface area (Å²) >= 11 is 3.84. The molecule has 1 N–H and O–H groups in total. The molecular weight excluding hydrogens is 520 g/mol. The zero-order chi connectivity index (χ0) is 25.7. The van der Waals surface area contributed by atoms with Gasteiger partial charge in [-0.3, -0.25) is 14.5 Å². The van der Waals surface area contributed by atoms with Crippen LogP contribution in [0.3, 0.4) is 0 Å². The van der Waals surface area contributed by atoms with Crippen molar-refractivity contribution in [2.45, 2.75) is 50.0 Å². The summed E-state index contributed by atoms with van der Waals surface area (Å²) in [4.78, 5) is 39.7. The van der Waals surface area contributed by atoms with Gasteiger partial charge in [0.05, 0.1) is 18.6 Å². The average Bonchev–Trinajstić information content (AvgIpc) is 3.27. The second-order valence-electron chi connectivity index (χ2n) is 10.6. The lowest BCUT2D eigenvalue weighted by atomic mass is 9.63. The van der Waals surface area contributed by atoms with Crippen molar-refractivity contribution in [3.63, 3.8) is 0 Å². The number of likely N-dealkylation sites (tertiary alicyclic amines) is 1. The summed E-state index contributed by atoms with van der Waals surface area (Å²) in [5.74, 6) is -1.21. The number of nitroso groups, excluding NO2 is 1. The van der Waals surface area contributed by atoms with E-state index in [4.69, 9.17) is 0 Å². The van der Waals surface area contributed by atoms with Crippen LogP contribution >= 0.6 is 15.9 Å². The summed E-state index contributed by atoms with van der Waals surface area (Å²) in [7, 11) is 0. The number of aliphatic hydroxyl groups excluding tert-OH is 1. The molecule has 5 unspecified atom stereocenters. The number of nitrogens with zero attached hydrogens (tertiary/aromatic N) is 2. The quantitative estimate of drug-likeness (QED) is 0.195. The highest BCUT2D eigenvalue weighted by Gasteiger charge is 2.85. The van der Waals surface area contributed by atoms with E-state index >= 15 is 0 Å². The van der Waals surface area contributed by atoms with Crippen LogP contribution in [0.4, 0.5) is 0 Å². The number of halogens is 1. The number of alkyl halides is 1. The number of aliphatic hydroxyl groups is 1. The largest absolute Gasteiger partial charge is 0.391 e. The lowest BCUT2D eigenvalue weighted by Crippen LogP contribution is -2.51. The van der Waals surface area contributed by atoms with Crippen molar-refractivity contribution < 1.29 is 14.7 Å². The van der Waals surface area contributed by atoms with E-state index in [1.165, 1.54) is 4.90 Å². The number of carbonyl (C=O) groups excluding carboxylic acids is 2. The van der Waals surface area contributed by atoms with Gasteiger partial charge in [-0.2, -0.15) is 4.91 Å². The van der Waals surface area contributed by atoms with Crippen LogP contribution in [0.2, 0.25) is 0 Å². The van der Waals surface area contributed by atoms with Crippen LogP contribution in [0.1, 0.15) is 50.7 Å². The molecule has 36 heavy (non-hydrogen) atoms. The summed E-state index contributed by atoms with van der Waals surface area (Å²) in [5, 5.41) is 14.9. The molecule has 1 aliphatic heterocycles. The first-order chi connectivity index (χ1) is 17.3. The number of rotatable bonds is 9. The van der Waals surface area contributed by atoms with Crippen LogP contribution in [0.5, 0.6) is 0 Å². The molecule has 2 fully saturated rings. The van der Waals surface area contributed by atoms with E-state index in [0.29, 0.717) is 25.9 Å². The van der Waals surface area contributed by atoms with Gasteiger partial charge in [0.1, 0.15) is 4.32 Å². The van der Waals surface area contributed by atoms with Gasteiger partial charge < -0.3 is 5.11 Å². The number of amides is 2. The van der Waals surface area contributed by atoms with E-state index in [0.717, 1.165) is 35.1 Å². The average molecular weight is 551 g/mol. The van der Waals surface area contributed by atoms with Crippen molar-refractivity contribution in [1.29, 1.82) is 0 Å². The van der Waals surface area contributed by atoms with Crippen molar-refractivity contribution in [2.24, 2.45) is 21.9 Å². The highest BCUT2D eigenvalue weighted by molar-refractivity contribution is 9.10. The summed E-state index contributed by atoms with van der Waals surface area (Å²) in [6.45, 7) is 4.51. The van der Waals surface area contributed by atoms with Gasteiger partial charge in [-0.15, -0.1) is 0 Å². The minimum absolute atomic E-state index is 0.225. The SMILES string of the molecule is CC12C(c3ccccc3)=C(c3ccccc3)C(C)(C1O)C1(Br)C(=O)N(CCCCCCN=O)C(=O)C21. The molecule has 5 rings (SSSR count). The van der Waals surface area contributed by atoms with E-state index in [9.17, 15) is 19.6 Å². The van der Waals surface area contributed by atoms with E-state index < -0.39 is 27.2 Å². The fourth-order valence-corrected chi connectivity index (χ4v) is 8.44. The van der Waals surface area contributed by atoms with E-state index in [1.807, 2.05) is 74.5 Å². The number of carbonyl (C=O) groups is 2. The normalized spacial score (nSPS) is 32.9. The fourth-order valence-electron chi connectivity index (χ4n) is 7.14. The maximum Gasteiger partial charge on any atom is 0.247 e. The van der Waals surface area contributed by atoms with Crippen molar-refractivity contribution in [3.05, 3.63) is 76.7 Å². The van der Waals surface area contributed by atoms with Gasteiger partial charge in [0.2, 0.25) is 11.8 Å². The van der Waals surface area contributed by atoms with Gasteiger partial charge >= 0.3 is 0 Å². The summed E-state index contributed by atoms with van der Waals surface area (Å²) in [5.41, 5.74) is 1.79. The molecule has 1 saturated heterocycles. The lowest BCUT2D eigenvalue weighted by molar-refractivity contribution is -0.142. The topological polar surface area (TPSA) is 87.0 Å². The number of imide groups is 1. The van der Waals surface area contributed by atoms with E-state index in [-0.39, 0.29) is 11.8 Å². The number of hydrogen-bond donors (Lipinski definition) is 1. The molecular formula is C29H31BrN2O4. The number of hydrogen-bond acceptors (Lipinski definition) is 5. The maximum atomic E-state index is 14.1. The van der Waals surface area contributed by atoms with Crippen LogP contribution in [-0.2, 0) is 9.59 Å². The molecule has 2 aromatic rings. The minimum atomic E-state index is -1.24. The molecule has 1 saturated carbocycles. The Morgan fingerprint density at radius 1 is 0.889 bits per heavy atom. The van der Waals surface area contributed by atoms with Crippen molar-refractivity contribution >= 4 is 38.9 Å². The Morgan fingerprint density at radius 3 is 2.03 bits per heavy atom. The molecule has 0 spiro atoms. The molecule has 2 bridgehead atoms. The van der Waals surface area contributed by atoms with Gasteiger partial charge in [-0.25, -0.2) is 0 Å². The summed E-state index contributed by atoms with van der Waals surface area (Å²) < 4.78 is -1.24. The predicted octanol–water partition coefficient (Wildman–Crippen LogP) is 5.44. The molecule has 2 amide bonds. The zero-order valence-electron chi connectivity index (χ0n) is 20.6. The molecule has 3 aliphatic rings. The molecule has 1 heterocycles. The lowest BCUT2D eigenvalue weighted by Gasteiger charge is -2.42. The highest BCUT2D eigenvalue weighted by Crippen LogP contribution is 2.79. The smallest absolute Gasteiger partial charge is 0.247 e. The molecule has 0 aromatic heterocycles. The molecule has 188 valence electrons. The third-order valence-corrected chi connectivity index (χ3v) is 10.4. The van der Waals surface area contributed by atoms with Gasteiger partial charge in [0.25, 0.3) is 0 Å². The van der Waals surface area contributed by atoms with Crippen LogP contribution in [0.15, 0.2) is 65.8 Å². The van der Waals surface area contributed by atoms with Gasteiger partial charge in [0.15, 0.2) is 0 Å². The van der Waals surface area contributed by atoms with Crippen LogP contribution in [-0.4, -0.2) is 45.3 Å². The van der Waals surface area contributed by atoms with Gasteiger partial charge in [-0.05, 0) is 35.1 Å². The highest BCUT2D eigenvalue weighted by atomic mass is 79.9. The Morgan fingerprint density at radius 2 is 1.44 bits per heavy atom. The molecule has 7 heteroatoms. The maximum absolute atomic E-state index is 14.1. The fraction of sp³-hybridized carbons (Fsp3) is 0.448. The minimum Gasteiger partial charge on any atom is -0.391 e. The molecule has 2 aliphatic carbocycles. The monoisotopic (exact) mass is 550 g/mol. The Kier molecular flexibility index (Phi) is 6.28. The van der Waals surface area contributed by atoms with Crippen LogP contribution < -0.4 is 0 Å². The Labute approximate surface area is 219 Å². The Bertz CT molecular complexity index is 1230. The number of fused-ring (bicyclic) bond motifs is 5. The molecule has 0 radical (unpaired) electrons. The van der Waals surface area contributed by atoms with Crippen LogP contribution in [0.25, 0.3) is 11.1 Å². The first-order valence-electron chi connectivity index (χ1n) is 12.6. The van der Waals surface area contributed by atoms with Gasteiger partial charge in [-0.1, -0.05) is 108 Å². The first kappa shape index (κ1) is 25.0. The number of benzene rings is 2. The van der Waals surface area contributed by atoms with Crippen molar-refractivity contribution in [3.8, 4) is 0 Å². The Hall–Kier alpha value is -2.64. The van der Waals surface area contributed by atoms with E-state index in [2.05, 4.69) is 21.1 Å². The zero-order valence-corrected chi connectivity index (χ0v) is 22.2. The molecule has 6 nitrogen and oxygen atoms in total. The third kappa shape index (κ3) is 3.11. The summed E-state index contributed by atoms with van der Waals surface area (Å²) in [6, 6.07) is 19.8. The van der Waals surface area contributed by atoms with Gasteiger partial charge in [0, 0.05) is 17.4 Å². The van der Waals surface area contributed by atoms with E-state index in [1.54, 1.807) is 0 Å². The predicted molar refractivity (Wildman–Crippen MR) is 143 cm³/mol. The standard InChI is InChI=1S/C29H31BrN2O4/c1-27-21(19-13-7-5-8-14-19)22(20-15-9-6-10-16-20)28(2,25(27)34)29(30)23(27)24(33)32(26(29)35)18-12-4-3-11-17-31-36/h5-10,13-16,23,25,34H,3-4,11-12,17-18H2,1-2H3.